The summed E-state index contributed by atoms with van der Waals surface area (Å²) in [6.07, 6.45) is 2.39. The molecule has 1 saturated heterocycles. The summed E-state index contributed by atoms with van der Waals surface area (Å²) in [6.45, 7) is 4.20. The van der Waals surface area contributed by atoms with E-state index in [1.807, 2.05) is 14.1 Å². The van der Waals surface area contributed by atoms with Crippen LogP contribution in [0.3, 0.4) is 0 Å². The van der Waals surface area contributed by atoms with E-state index in [1.165, 1.54) is 18.4 Å². The van der Waals surface area contributed by atoms with Crippen molar-refractivity contribution in [3.63, 3.8) is 0 Å². The van der Waals surface area contributed by atoms with E-state index in [1.54, 1.807) is 0 Å². The highest BCUT2D eigenvalue weighted by molar-refractivity contribution is 5.46. The summed E-state index contributed by atoms with van der Waals surface area (Å²) in [5.41, 5.74) is 1.47. The second-order valence-electron chi connectivity index (χ2n) is 6.03. The monoisotopic (exact) mass is 297 g/mol. The summed E-state index contributed by atoms with van der Waals surface area (Å²) < 4.78 is 2.08. The number of rotatable bonds is 3. The Balaban J connectivity index is 1.73. The van der Waals surface area contributed by atoms with Gasteiger partial charge in [0.05, 0.1) is 13.1 Å². The van der Waals surface area contributed by atoms with Gasteiger partial charge in [-0.1, -0.05) is 35.3 Å². The summed E-state index contributed by atoms with van der Waals surface area (Å²) in [5.74, 6) is 3.91. The largest absolute Gasteiger partial charge is 0.343 e. The van der Waals surface area contributed by atoms with Crippen LogP contribution in [0.5, 0.6) is 0 Å². The molecule has 1 fully saturated rings. The van der Waals surface area contributed by atoms with E-state index >= 15 is 0 Å². The maximum Gasteiger partial charge on any atom is 0.237 e. The van der Waals surface area contributed by atoms with Gasteiger partial charge in [0.1, 0.15) is 0 Å². The Kier molecular flexibility index (Phi) is 4.27. The van der Waals surface area contributed by atoms with Crippen LogP contribution in [0.15, 0.2) is 36.4 Å². The highest BCUT2D eigenvalue weighted by atomic mass is 15.2. The molecular weight excluding hydrogens is 272 g/mol. The summed E-state index contributed by atoms with van der Waals surface area (Å²) in [7, 11) is 4.00. The van der Waals surface area contributed by atoms with Crippen molar-refractivity contribution in [1.29, 1.82) is 0 Å². The van der Waals surface area contributed by atoms with Crippen molar-refractivity contribution in [3.8, 4) is 0 Å². The fourth-order valence-electron chi connectivity index (χ4n) is 3.24. The molecule has 1 N–H and O–H groups in total. The van der Waals surface area contributed by atoms with Gasteiger partial charge < -0.3 is 10.2 Å². The topological polar surface area (TPSA) is 32.0 Å². The molecule has 116 valence electrons. The van der Waals surface area contributed by atoms with Gasteiger partial charge >= 0.3 is 0 Å². The van der Waals surface area contributed by atoms with Crippen LogP contribution in [0.4, 0.5) is 11.6 Å². The lowest BCUT2D eigenvalue weighted by molar-refractivity contribution is -0.666. The molecule has 0 spiro atoms. The van der Waals surface area contributed by atoms with Crippen LogP contribution in [-0.2, 0) is 7.05 Å². The Bertz CT molecular complexity index is 631. The van der Waals surface area contributed by atoms with Gasteiger partial charge in [0.25, 0.3) is 0 Å². The zero-order valence-electron chi connectivity index (χ0n) is 13.7. The number of anilines is 2. The molecule has 4 nitrogen and oxygen atoms in total. The quantitative estimate of drug-likeness (QED) is 0.884. The van der Waals surface area contributed by atoms with Crippen molar-refractivity contribution < 1.29 is 4.57 Å². The number of nitrogens with one attached hydrogen (secondary N) is 1. The minimum atomic E-state index is 0.683. The van der Waals surface area contributed by atoms with Crippen LogP contribution >= 0.6 is 0 Å². The van der Waals surface area contributed by atoms with E-state index in [2.05, 4.69) is 58.1 Å². The molecule has 1 aliphatic rings. The zero-order chi connectivity index (χ0) is 15.5. The highest BCUT2D eigenvalue weighted by Gasteiger charge is 2.24. The van der Waals surface area contributed by atoms with Crippen molar-refractivity contribution in [2.45, 2.75) is 25.7 Å². The minimum absolute atomic E-state index is 0.683. The van der Waals surface area contributed by atoms with Gasteiger partial charge in [0.2, 0.25) is 17.5 Å². The Hall–Kier alpha value is -2.10. The molecule has 0 bridgehead atoms. The third-order valence-corrected chi connectivity index (χ3v) is 4.74. The molecule has 1 aromatic carbocycles. The van der Waals surface area contributed by atoms with Gasteiger partial charge in [-0.15, -0.1) is 0 Å². The lowest BCUT2D eigenvalue weighted by Gasteiger charge is -2.32. The summed E-state index contributed by atoms with van der Waals surface area (Å²) in [5, 5.41) is 3.25. The SMILES string of the molecule is CNc1cc(N2CCC(c3ccccc3)CC2)nc(C)[n+]1C. The first kappa shape index (κ1) is 14.8. The normalized spacial score (nSPS) is 15.9. The predicted octanol–water partition coefficient (Wildman–Crippen LogP) is 2.64. The Morgan fingerprint density at radius 3 is 2.50 bits per heavy atom. The lowest BCUT2D eigenvalue weighted by atomic mass is 9.89. The van der Waals surface area contributed by atoms with E-state index in [-0.39, 0.29) is 0 Å². The Morgan fingerprint density at radius 2 is 1.86 bits per heavy atom. The Morgan fingerprint density at radius 1 is 1.18 bits per heavy atom. The van der Waals surface area contributed by atoms with Gasteiger partial charge in [-0.3, -0.25) is 0 Å². The predicted molar refractivity (Wildman–Crippen MR) is 90.3 cm³/mol. The molecule has 0 saturated carbocycles. The van der Waals surface area contributed by atoms with Gasteiger partial charge in [0, 0.05) is 27.1 Å². The van der Waals surface area contributed by atoms with Crippen LogP contribution in [0, 0.1) is 6.92 Å². The van der Waals surface area contributed by atoms with Crippen molar-refractivity contribution in [2.75, 3.05) is 30.4 Å². The minimum Gasteiger partial charge on any atom is -0.343 e. The highest BCUT2D eigenvalue weighted by Crippen LogP contribution is 2.29. The third-order valence-electron chi connectivity index (χ3n) is 4.74. The first-order valence-corrected chi connectivity index (χ1v) is 8.04. The van der Waals surface area contributed by atoms with Crippen molar-refractivity contribution in [1.82, 2.24) is 4.98 Å². The molecule has 1 aromatic heterocycles. The van der Waals surface area contributed by atoms with E-state index in [0.717, 1.165) is 30.5 Å². The molecule has 4 heteroatoms. The maximum absolute atomic E-state index is 4.75. The zero-order valence-corrected chi connectivity index (χ0v) is 13.7. The first-order valence-electron chi connectivity index (χ1n) is 8.04. The average Bonchev–Trinajstić information content (AvgIpc) is 2.58. The summed E-state index contributed by atoms with van der Waals surface area (Å²) in [4.78, 5) is 7.16. The van der Waals surface area contributed by atoms with E-state index in [4.69, 9.17) is 4.98 Å². The number of piperidine rings is 1. The van der Waals surface area contributed by atoms with Crippen LogP contribution in [0.2, 0.25) is 0 Å². The number of aromatic nitrogens is 2. The second-order valence-corrected chi connectivity index (χ2v) is 6.03. The molecule has 0 amide bonds. The molecule has 2 heterocycles. The van der Waals surface area contributed by atoms with Crippen molar-refractivity contribution in [2.24, 2.45) is 7.05 Å². The fraction of sp³-hybridized carbons (Fsp3) is 0.444. The molecule has 2 aromatic rings. The van der Waals surface area contributed by atoms with Crippen molar-refractivity contribution >= 4 is 11.6 Å². The summed E-state index contributed by atoms with van der Waals surface area (Å²) in [6, 6.07) is 13.0. The first-order chi connectivity index (χ1) is 10.7. The van der Waals surface area contributed by atoms with E-state index < -0.39 is 0 Å². The fourth-order valence-corrected chi connectivity index (χ4v) is 3.24. The number of benzene rings is 1. The molecule has 0 radical (unpaired) electrons. The summed E-state index contributed by atoms with van der Waals surface area (Å²) >= 11 is 0. The van der Waals surface area contributed by atoms with Crippen LogP contribution in [0.25, 0.3) is 0 Å². The van der Waals surface area contributed by atoms with Gasteiger partial charge in [0.15, 0.2) is 0 Å². The average molecular weight is 297 g/mol. The maximum atomic E-state index is 4.75. The number of nitrogens with zero attached hydrogens (tertiary/aromatic N) is 3. The smallest absolute Gasteiger partial charge is 0.237 e. The van der Waals surface area contributed by atoms with E-state index in [9.17, 15) is 0 Å². The molecule has 0 aliphatic carbocycles. The third kappa shape index (κ3) is 2.91. The van der Waals surface area contributed by atoms with Crippen LogP contribution < -0.4 is 14.8 Å². The second kappa shape index (κ2) is 6.34. The van der Waals surface area contributed by atoms with Crippen LogP contribution in [-0.4, -0.2) is 25.1 Å². The Labute approximate surface area is 132 Å². The van der Waals surface area contributed by atoms with Gasteiger partial charge in [-0.2, -0.15) is 0 Å². The van der Waals surface area contributed by atoms with Crippen molar-refractivity contribution in [3.05, 3.63) is 47.8 Å². The molecule has 0 atom stereocenters. The van der Waals surface area contributed by atoms with Gasteiger partial charge in [-0.05, 0) is 24.3 Å². The number of hydrogen-bond acceptors (Lipinski definition) is 3. The molecule has 0 unspecified atom stereocenters. The van der Waals surface area contributed by atoms with Gasteiger partial charge in [-0.25, -0.2) is 4.57 Å². The molecule has 1 aliphatic heterocycles. The number of aryl methyl sites for hydroxylation is 1. The molecule has 22 heavy (non-hydrogen) atoms. The molecular formula is C18H25N4+. The molecule has 3 rings (SSSR count). The number of hydrogen-bond donors (Lipinski definition) is 1. The standard InChI is InChI=1S/C18H24N4/c1-14-20-18(13-17(19-2)21(14)3)22-11-9-16(10-12-22)15-7-5-4-6-8-15/h4-8,13,16H,9-12H2,1-3H3/p+1. The lowest BCUT2D eigenvalue weighted by Crippen LogP contribution is -2.39. The van der Waals surface area contributed by atoms with Crippen LogP contribution in [0.1, 0.15) is 30.1 Å². The van der Waals surface area contributed by atoms with E-state index in [0.29, 0.717) is 5.92 Å².